The van der Waals surface area contributed by atoms with Crippen molar-refractivity contribution >= 4 is 62.6 Å². The first-order chi connectivity index (χ1) is 17.4. The number of carbonyl (C=O) groups excluding carboxylic acids is 1. The van der Waals surface area contributed by atoms with E-state index in [9.17, 15) is 4.79 Å². The van der Waals surface area contributed by atoms with Crippen molar-refractivity contribution in [2.75, 3.05) is 23.3 Å². The highest BCUT2D eigenvalue weighted by molar-refractivity contribution is 7.19. The quantitative estimate of drug-likeness (QED) is 0.350. The molecule has 0 unspecified atom stereocenters. The standard InChI is InChI=1S/C24H27Cl2N7O2S/c1-11(2)28-24(34)35-18-13-6-5-12(9-13)15(18)29-16-14(25)10-27-21-17(16)30-22(32-21)19-20(26)31-23(36-19)33-7-3-4-8-33/h5-6,10-13,15,18H,3-4,7-9H2,1-2H3,(H,28,34)(H2,27,29,30,32)/t12-,13+,15+,18-/m0/s1. The summed E-state index contributed by atoms with van der Waals surface area (Å²) in [4.78, 5) is 32.5. The number of halogens is 2. The summed E-state index contributed by atoms with van der Waals surface area (Å²) in [7, 11) is 0. The van der Waals surface area contributed by atoms with Gasteiger partial charge in [-0.3, -0.25) is 0 Å². The van der Waals surface area contributed by atoms with E-state index in [-0.39, 0.29) is 30.0 Å². The third-order valence-electron chi connectivity index (χ3n) is 6.99. The number of hydrogen-bond acceptors (Lipinski definition) is 8. The molecule has 12 heteroatoms. The van der Waals surface area contributed by atoms with E-state index in [0.29, 0.717) is 32.9 Å². The molecule has 2 fully saturated rings. The van der Waals surface area contributed by atoms with Gasteiger partial charge in [-0.25, -0.2) is 19.7 Å². The van der Waals surface area contributed by atoms with E-state index in [1.165, 1.54) is 11.3 Å². The molecule has 1 saturated carbocycles. The van der Waals surface area contributed by atoms with Crippen LogP contribution < -0.4 is 15.5 Å². The minimum Gasteiger partial charge on any atom is -0.443 e. The average molecular weight is 549 g/mol. The largest absolute Gasteiger partial charge is 0.443 e. The van der Waals surface area contributed by atoms with E-state index in [1.807, 2.05) is 13.8 Å². The maximum atomic E-state index is 12.4. The third kappa shape index (κ3) is 4.29. The minimum absolute atomic E-state index is 0.000253. The molecule has 3 aromatic heterocycles. The molecule has 9 nitrogen and oxygen atoms in total. The lowest BCUT2D eigenvalue weighted by molar-refractivity contribution is 0.0760. The van der Waals surface area contributed by atoms with Crippen molar-refractivity contribution in [3.8, 4) is 10.7 Å². The zero-order chi connectivity index (χ0) is 25.0. The molecule has 2 aliphatic carbocycles. The van der Waals surface area contributed by atoms with Crippen molar-refractivity contribution in [2.45, 2.75) is 51.3 Å². The summed E-state index contributed by atoms with van der Waals surface area (Å²) < 4.78 is 5.86. The van der Waals surface area contributed by atoms with Gasteiger partial charge in [0.15, 0.2) is 21.8 Å². The van der Waals surface area contributed by atoms with E-state index in [4.69, 9.17) is 32.9 Å². The van der Waals surface area contributed by atoms with Gasteiger partial charge in [-0.2, -0.15) is 0 Å². The second-order valence-corrected chi connectivity index (χ2v) is 11.6. The smallest absolute Gasteiger partial charge is 0.407 e. The molecule has 0 aromatic carbocycles. The van der Waals surface area contributed by atoms with Crippen LogP contribution in [0.4, 0.5) is 15.6 Å². The fraction of sp³-hybridized carbons (Fsp3) is 0.500. The first kappa shape index (κ1) is 23.8. The molecule has 0 radical (unpaired) electrons. The van der Waals surface area contributed by atoms with E-state index in [2.05, 4.69) is 42.6 Å². The Bertz CT molecular complexity index is 1330. The molecule has 4 atom stereocenters. The van der Waals surface area contributed by atoms with Gasteiger partial charge in [0.2, 0.25) is 0 Å². The molecular formula is C24H27Cl2N7O2S. The van der Waals surface area contributed by atoms with Gasteiger partial charge in [0, 0.05) is 31.0 Å². The summed E-state index contributed by atoms with van der Waals surface area (Å²) in [6.45, 7) is 5.80. The van der Waals surface area contributed by atoms with Crippen LogP contribution >= 0.6 is 34.5 Å². The van der Waals surface area contributed by atoms with Gasteiger partial charge in [0.05, 0.1) is 22.9 Å². The maximum absolute atomic E-state index is 12.4. The first-order valence-corrected chi connectivity index (χ1v) is 13.8. The molecule has 36 heavy (non-hydrogen) atoms. The van der Waals surface area contributed by atoms with Gasteiger partial charge in [-0.05, 0) is 33.1 Å². The number of H-pyrrole nitrogens is 1. The van der Waals surface area contributed by atoms with Gasteiger partial charge in [0.25, 0.3) is 0 Å². The van der Waals surface area contributed by atoms with Crippen molar-refractivity contribution in [3.63, 3.8) is 0 Å². The normalized spacial score (nSPS) is 24.9. The van der Waals surface area contributed by atoms with Crippen molar-refractivity contribution in [1.82, 2.24) is 25.3 Å². The molecule has 190 valence electrons. The lowest BCUT2D eigenvalue weighted by atomic mass is 9.98. The number of hydrogen-bond donors (Lipinski definition) is 3. The highest BCUT2D eigenvalue weighted by Gasteiger charge is 2.47. The number of ether oxygens (including phenoxy) is 1. The number of pyridine rings is 1. The molecule has 0 spiro atoms. The predicted octanol–water partition coefficient (Wildman–Crippen LogP) is 5.48. The summed E-state index contributed by atoms with van der Waals surface area (Å²) in [6, 6.07) is -0.123. The Hall–Kier alpha value is -2.56. The zero-order valence-electron chi connectivity index (χ0n) is 19.9. The summed E-state index contributed by atoms with van der Waals surface area (Å²) in [5.41, 5.74) is 1.89. The molecule has 6 rings (SSSR count). The van der Waals surface area contributed by atoms with Crippen LogP contribution in [0.3, 0.4) is 0 Å². The summed E-state index contributed by atoms with van der Waals surface area (Å²) in [5, 5.41) is 8.18. The van der Waals surface area contributed by atoms with Crippen LogP contribution in [0.5, 0.6) is 0 Å². The topological polar surface area (TPSA) is 108 Å². The Kier molecular flexibility index (Phi) is 6.21. The van der Waals surface area contributed by atoms with Gasteiger partial charge in [0.1, 0.15) is 16.5 Å². The van der Waals surface area contributed by atoms with Crippen molar-refractivity contribution in [1.29, 1.82) is 0 Å². The van der Waals surface area contributed by atoms with Crippen molar-refractivity contribution < 1.29 is 9.53 Å². The fourth-order valence-corrected chi connectivity index (χ4v) is 6.84. The molecule has 1 aliphatic heterocycles. The highest BCUT2D eigenvalue weighted by Crippen LogP contribution is 2.44. The average Bonchev–Trinajstić information content (AvgIpc) is 3.64. The van der Waals surface area contributed by atoms with Crippen LogP contribution in [0, 0.1) is 11.8 Å². The number of alkyl carbamates (subject to hydrolysis) is 1. The number of amides is 1. The van der Waals surface area contributed by atoms with E-state index < -0.39 is 6.09 Å². The lowest BCUT2D eigenvalue weighted by Crippen LogP contribution is -2.43. The van der Waals surface area contributed by atoms with Crippen molar-refractivity contribution in [2.24, 2.45) is 11.8 Å². The number of carbonyl (C=O) groups is 1. The number of rotatable bonds is 6. The van der Waals surface area contributed by atoms with Gasteiger partial charge >= 0.3 is 6.09 Å². The predicted molar refractivity (Wildman–Crippen MR) is 143 cm³/mol. The number of fused-ring (bicyclic) bond motifs is 3. The Balaban J connectivity index is 1.30. The van der Waals surface area contributed by atoms with E-state index in [1.54, 1.807) is 6.20 Å². The lowest BCUT2D eigenvalue weighted by Gasteiger charge is -2.30. The number of thiazole rings is 1. The molecule has 1 amide bonds. The molecule has 4 heterocycles. The van der Waals surface area contributed by atoms with Crippen LogP contribution in [-0.2, 0) is 4.74 Å². The number of nitrogens with zero attached hydrogens (tertiary/aromatic N) is 4. The highest BCUT2D eigenvalue weighted by atomic mass is 35.5. The number of aromatic nitrogens is 4. The zero-order valence-corrected chi connectivity index (χ0v) is 22.3. The Labute approximate surface area is 222 Å². The van der Waals surface area contributed by atoms with Crippen LogP contribution in [0.15, 0.2) is 18.3 Å². The molecule has 3 aliphatic rings. The van der Waals surface area contributed by atoms with Crippen LogP contribution in [0.1, 0.15) is 33.1 Å². The van der Waals surface area contributed by atoms with Crippen molar-refractivity contribution in [3.05, 3.63) is 28.5 Å². The van der Waals surface area contributed by atoms with Gasteiger partial charge in [-0.1, -0.05) is 46.7 Å². The number of imidazole rings is 1. The molecule has 3 aromatic rings. The summed E-state index contributed by atoms with van der Waals surface area (Å²) in [5.74, 6) is 0.999. The van der Waals surface area contributed by atoms with Crippen LogP contribution in [0.2, 0.25) is 10.2 Å². The van der Waals surface area contributed by atoms with E-state index >= 15 is 0 Å². The fourth-order valence-electron chi connectivity index (χ4n) is 5.35. The number of aromatic amines is 1. The minimum atomic E-state index is -0.411. The second-order valence-electron chi connectivity index (χ2n) is 9.86. The monoisotopic (exact) mass is 547 g/mol. The molecular weight excluding hydrogens is 521 g/mol. The Morgan fingerprint density at radius 3 is 2.78 bits per heavy atom. The van der Waals surface area contributed by atoms with Crippen LogP contribution in [-0.4, -0.2) is 57.3 Å². The SMILES string of the molecule is CC(C)NC(=O)O[C@@H]1[C@H](Nc2c(Cl)cnc3nc(-c4sc(N5CCCC5)nc4Cl)[nH]c23)[C@H]2C=C[C@@H]1C2. The van der Waals surface area contributed by atoms with Gasteiger partial charge < -0.3 is 25.3 Å². The van der Waals surface area contributed by atoms with E-state index in [0.717, 1.165) is 42.4 Å². The number of anilines is 2. The van der Waals surface area contributed by atoms with Gasteiger partial charge in [-0.15, -0.1) is 0 Å². The Morgan fingerprint density at radius 1 is 1.22 bits per heavy atom. The number of nitrogens with one attached hydrogen (secondary N) is 3. The Morgan fingerprint density at radius 2 is 2.00 bits per heavy atom. The molecule has 3 N–H and O–H groups in total. The molecule has 2 bridgehead atoms. The maximum Gasteiger partial charge on any atom is 0.407 e. The van der Waals surface area contributed by atoms with Crippen LogP contribution in [0.25, 0.3) is 21.9 Å². The third-order valence-corrected chi connectivity index (χ3v) is 8.78. The summed E-state index contributed by atoms with van der Waals surface area (Å²) >= 11 is 14.7. The molecule has 1 saturated heterocycles. The summed E-state index contributed by atoms with van der Waals surface area (Å²) in [6.07, 6.45) is 8.44. The first-order valence-electron chi connectivity index (χ1n) is 12.2. The second kappa shape index (κ2) is 9.39.